The van der Waals surface area contributed by atoms with Crippen LogP contribution in [0.15, 0.2) is 55.4 Å². The number of nitrogens with one attached hydrogen (secondary N) is 1. The van der Waals surface area contributed by atoms with E-state index in [9.17, 15) is 9.18 Å². The number of aromatic nitrogens is 4. The fourth-order valence-corrected chi connectivity index (χ4v) is 3.53. The number of amides is 1. The van der Waals surface area contributed by atoms with Gasteiger partial charge in [0.1, 0.15) is 12.7 Å². The highest BCUT2D eigenvalue weighted by atomic mass is 19.1. The van der Waals surface area contributed by atoms with E-state index in [0.29, 0.717) is 29.4 Å². The maximum absolute atomic E-state index is 13.9. The Labute approximate surface area is 162 Å². The number of piperidine rings is 1. The Balaban J connectivity index is 1.34. The average molecular weight is 380 g/mol. The lowest BCUT2D eigenvalue weighted by atomic mass is 9.96. The van der Waals surface area contributed by atoms with Crippen molar-refractivity contribution >= 4 is 11.6 Å². The Morgan fingerprint density at radius 1 is 1.14 bits per heavy atom. The third kappa shape index (κ3) is 3.85. The van der Waals surface area contributed by atoms with Gasteiger partial charge in [-0.1, -0.05) is 12.1 Å². The molecule has 0 atom stereocenters. The van der Waals surface area contributed by atoms with Crippen LogP contribution < -0.4 is 10.2 Å². The summed E-state index contributed by atoms with van der Waals surface area (Å²) in [5, 5.41) is 7.14. The zero-order valence-electron chi connectivity index (χ0n) is 15.3. The van der Waals surface area contributed by atoms with Crippen molar-refractivity contribution in [1.82, 2.24) is 25.1 Å². The fraction of sp³-hybridized carbons (Fsp3) is 0.300. The second-order valence-electron chi connectivity index (χ2n) is 6.82. The lowest BCUT2D eigenvalue weighted by molar-refractivity contribution is 0.0944. The molecule has 0 unspecified atom stereocenters. The van der Waals surface area contributed by atoms with Crippen LogP contribution in [0, 0.1) is 11.7 Å². The van der Waals surface area contributed by atoms with E-state index in [1.165, 1.54) is 12.5 Å². The molecule has 1 aliphatic rings. The molecule has 1 fully saturated rings. The van der Waals surface area contributed by atoms with Crippen molar-refractivity contribution in [2.24, 2.45) is 5.92 Å². The molecule has 0 radical (unpaired) electrons. The van der Waals surface area contributed by atoms with Gasteiger partial charge in [-0.2, -0.15) is 5.10 Å². The largest absolute Gasteiger partial charge is 0.369 e. The van der Waals surface area contributed by atoms with E-state index in [1.807, 2.05) is 23.1 Å². The minimum absolute atomic E-state index is 0.131. The van der Waals surface area contributed by atoms with E-state index < -0.39 is 0 Å². The zero-order valence-corrected chi connectivity index (χ0v) is 15.3. The highest BCUT2D eigenvalue weighted by molar-refractivity contribution is 5.97. The predicted octanol–water partition coefficient (Wildman–Crippen LogP) is 2.45. The Bertz CT molecular complexity index is 937. The second kappa shape index (κ2) is 8.16. The molecule has 0 spiro atoms. The Kier molecular flexibility index (Phi) is 5.27. The molecule has 1 amide bonds. The van der Waals surface area contributed by atoms with Crippen LogP contribution in [0.5, 0.6) is 0 Å². The van der Waals surface area contributed by atoms with Crippen molar-refractivity contribution in [3.05, 3.63) is 66.8 Å². The SMILES string of the molecule is O=C(NCC1CCN(c2ccncc2F)CC1)c1ccccc1-n1cncn1. The van der Waals surface area contributed by atoms with Crippen molar-refractivity contribution < 1.29 is 9.18 Å². The predicted molar refractivity (Wildman–Crippen MR) is 103 cm³/mol. The highest BCUT2D eigenvalue weighted by Crippen LogP contribution is 2.24. The van der Waals surface area contributed by atoms with E-state index in [2.05, 4.69) is 20.4 Å². The monoisotopic (exact) mass is 380 g/mol. The number of hydrogen-bond acceptors (Lipinski definition) is 5. The minimum Gasteiger partial charge on any atom is -0.369 e. The van der Waals surface area contributed by atoms with E-state index in [1.54, 1.807) is 29.3 Å². The molecule has 3 heterocycles. The van der Waals surface area contributed by atoms with Crippen LogP contribution in [-0.4, -0.2) is 45.3 Å². The van der Waals surface area contributed by atoms with E-state index >= 15 is 0 Å². The lowest BCUT2D eigenvalue weighted by Crippen LogP contribution is -2.39. The number of carbonyl (C=O) groups excluding carboxylic acids is 1. The van der Waals surface area contributed by atoms with Crippen LogP contribution in [0.25, 0.3) is 5.69 Å². The van der Waals surface area contributed by atoms with Gasteiger partial charge in [0, 0.05) is 25.8 Å². The molecule has 1 aromatic carbocycles. The molecule has 8 heteroatoms. The van der Waals surface area contributed by atoms with Gasteiger partial charge < -0.3 is 10.2 Å². The summed E-state index contributed by atoms with van der Waals surface area (Å²) in [7, 11) is 0. The Morgan fingerprint density at radius 3 is 2.71 bits per heavy atom. The van der Waals surface area contributed by atoms with Crippen molar-refractivity contribution in [2.75, 3.05) is 24.5 Å². The zero-order chi connectivity index (χ0) is 19.3. The molecule has 0 saturated carbocycles. The van der Waals surface area contributed by atoms with Crippen LogP contribution in [0.3, 0.4) is 0 Å². The number of nitrogens with zero attached hydrogens (tertiary/aromatic N) is 5. The Morgan fingerprint density at radius 2 is 1.96 bits per heavy atom. The molecule has 4 rings (SSSR count). The molecule has 0 aliphatic carbocycles. The lowest BCUT2D eigenvalue weighted by Gasteiger charge is -2.33. The number of halogens is 1. The van der Waals surface area contributed by atoms with Crippen molar-refractivity contribution in [3.8, 4) is 5.69 Å². The number of carbonyl (C=O) groups is 1. The molecule has 7 nitrogen and oxygen atoms in total. The van der Waals surface area contributed by atoms with Crippen LogP contribution >= 0.6 is 0 Å². The normalized spacial score (nSPS) is 14.8. The van der Waals surface area contributed by atoms with Gasteiger partial charge in [-0.15, -0.1) is 0 Å². The first-order chi connectivity index (χ1) is 13.7. The molecule has 1 saturated heterocycles. The summed E-state index contributed by atoms with van der Waals surface area (Å²) < 4.78 is 15.5. The van der Waals surface area contributed by atoms with Crippen LogP contribution in [0.4, 0.5) is 10.1 Å². The Hall–Kier alpha value is -3.29. The summed E-state index contributed by atoms with van der Waals surface area (Å²) in [6.45, 7) is 2.12. The average Bonchev–Trinajstić information content (AvgIpc) is 3.28. The maximum atomic E-state index is 13.9. The van der Waals surface area contributed by atoms with Gasteiger partial charge in [-0.25, -0.2) is 14.1 Å². The molecule has 0 bridgehead atoms. The summed E-state index contributed by atoms with van der Waals surface area (Å²) >= 11 is 0. The highest BCUT2D eigenvalue weighted by Gasteiger charge is 2.22. The van der Waals surface area contributed by atoms with E-state index in [0.717, 1.165) is 25.9 Å². The van der Waals surface area contributed by atoms with Crippen molar-refractivity contribution in [1.29, 1.82) is 0 Å². The number of para-hydroxylation sites is 1. The maximum Gasteiger partial charge on any atom is 0.253 e. The van der Waals surface area contributed by atoms with Gasteiger partial charge in [-0.3, -0.25) is 9.78 Å². The minimum atomic E-state index is -0.293. The van der Waals surface area contributed by atoms with Crippen LogP contribution in [-0.2, 0) is 0 Å². The van der Waals surface area contributed by atoms with E-state index in [4.69, 9.17) is 0 Å². The molecule has 3 aromatic rings. The van der Waals surface area contributed by atoms with Crippen molar-refractivity contribution in [2.45, 2.75) is 12.8 Å². The summed E-state index contributed by atoms with van der Waals surface area (Å²) in [4.78, 5) is 22.5. The standard InChI is InChI=1S/C20H21FN6O/c21-17-12-22-8-5-19(17)26-9-6-15(7-10-26)11-24-20(28)16-3-1-2-4-18(16)27-14-23-13-25-27/h1-5,8,12-15H,6-7,9-11H2,(H,24,28). The van der Waals surface area contributed by atoms with Gasteiger partial charge in [0.15, 0.2) is 5.82 Å². The third-order valence-corrected chi connectivity index (χ3v) is 5.07. The number of rotatable bonds is 5. The first-order valence-electron chi connectivity index (χ1n) is 9.29. The van der Waals surface area contributed by atoms with Gasteiger partial charge >= 0.3 is 0 Å². The molecule has 2 aromatic heterocycles. The summed E-state index contributed by atoms with van der Waals surface area (Å²) in [6.07, 6.45) is 7.65. The summed E-state index contributed by atoms with van der Waals surface area (Å²) in [6, 6.07) is 9.02. The summed E-state index contributed by atoms with van der Waals surface area (Å²) in [5.74, 6) is -0.0590. The fourth-order valence-electron chi connectivity index (χ4n) is 3.53. The number of hydrogen-bond donors (Lipinski definition) is 1. The molecule has 28 heavy (non-hydrogen) atoms. The summed E-state index contributed by atoms with van der Waals surface area (Å²) in [5.41, 5.74) is 1.85. The number of benzene rings is 1. The molecule has 1 aliphatic heterocycles. The second-order valence-corrected chi connectivity index (χ2v) is 6.82. The van der Waals surface area contributed by atoms with Gasteiger partial charge in [0.25, 0.3) is 5.91 Å². The molecule has 1 N–H and O–H groups in total. The van der Waals surface area contributed by atoms with Crippen LogP contribution in [0.1, 0.15) is 23.2 Å². The van der Waals surface area contributed by atoms with Crippen molar-refractivity contribution in [3.63, 3.8) is 0 Å². The van der Waals surface area contributed by atoms with Gasteiger partial charge in [0.2, 0.25) is 0 Å². The van der Waals surface area contributed by atoms with E-state index in [-0.39, 0.29) is 11.7 Å². The third-order valence-electron chi connectivity index (χ3n) is 5.07. The first kappa shape index (κ1) is 18.1. The van der Waals surface area contributed by atoms with Gasteiger partial charge in [-0.05, 0) is 37.0 Å². The quantitative estimate of drug-likeness (QED) is 0.736. The topological polar surface area (TPSA) is 75.9 Å². The van der Waals surface area contributed by atoms with Gasteiger partial charge in [0.05, 0.1) is 23.1 Å². The first-order valence-corrected chi connectivity index (χ1v) is 9.29. The smallest absolute Gasteiger partial charge is 0.253 e. The number of pyridine rings is 1. The number of anilines is 1. The molecule has 144 valence electrons. The van der Waals surface area contributed by atoms with Crippen LogP contribution in [0.2, 0.25) is 0 Å². The molecular formula is C20H21FN6O. The molecular weight excluding hydrogens is 359 g/mol.